The van der Waals surface area contributed by atoms with Crippen LogP contribution in [-0.2, 0) is 33.3 Å². The standard InChI is InChI=1S/C42H62O16/c1-37(2)21-8-11-42(7)31(20(43)16-18-19-17-39(4,36(53)54)13-12-38(19,3)14-15-41(18,42)6)40(21,5)10-9-22(37)55-35-30(26(47)25(46)29(57-35)33(51)52)58-34-27(48)23(44)24(45)28(56-34)32(49)50/h16,19,21-31,34-35,44-48H,8-15,17H2,1-7H3,(H,49,50)(H,51,52)(H,53,54)/p+1/t19-,21-,22-,23-,24-,25-,26-,27+,28-,29-,30+,31+,34-,35-,38+,39-,40-,41+,42+/m0/s1. The minimum Gasteiger partial charge on any atom is -0.481 e. The summed E-state index contributed by atoms with van der Waals surface area (Å²) < 4.78 is 23.4. The highest BCUT2D eigenvalue weighted by molar-refractivity contribution is 5.96. The molecule has 16 heteroatoms. The number of aliphatic hydroxyl groups is 5. The second-order valence-electron chi connectivity index (χ2n) is 20.6. The number of ketones is 1. The van der Waals surface area contributed by atoms with Crippen molar-refractivity contribution in [3.05, 3.63) is 11.6 Å². The molecule has 16 nitrogen and oxygen atoms in total. The third-order valence-corrected chi connectivity index (χ3v) is 17.2. The average Bonchev–Trinajstić information content (AvgIpc) is 3.13. The highest BCUT2D eigenvalue weighted by Gasteiger charge is 2.72. The maximum Gasteiger partial charge on any atom is 0.335 e. The van der Waals surface area contributed by atoms with Crippen LogP contribution in [0.2, 0.25) is 0 Å². The van der Waals surface area contributed by atoms with Crippen LogP contribution in [0.5, 0.6) is 0 Å². The smallest absolute Gasteiger partial charge is 0.335 e. The molecule has 0 spiro atoms. The van der Waals surface area contributed by atoms with E-state index in [1.54, 1.807) is 0 Å². The zero-order valence-electron chi connectivity index (χ0n) is 34.4. The van der Waals surface area contributed by atoms with Gasteiger partial charge in [0.2, 0.25) is 0 Å². The van der Waals surface area contributed by atoms with E-state index in [2.05, 4.69) is 27.7 Å². The molecule has 7 rings (SSSR count). The van der Waals surface area contributed by atoms with Crippen LogP contribution in [0, 0.1) is 50.2 Å². The van der Waals surface area contributed by atoms with Gasteiger partial charge in [0.15, 0.2) is 24.8 Å². The number of aliphatic carboxylic acids is 3. The van der Waals surface area contributed by atoms with E-state index in [4.69, 9.17) is 18.9 Å². The molecule has 0 bridgehead atoms. The van der Waals surface area contributed by atoms with Crippen molar-refractivity contribution >= 4 is 23.7 Å². The zero-order chi connectivity index (χ0) is 42.9. The normalized spacial score (nSPS) is 52.6. The van der Waals surface area contributed by atoms with Crippen molar-refractivity contribution < 1.29 is 79.0 Å². The predicted octanol–water partition coefficient (Wildman–Crippen LogP) is 2.22. The molecule has 0 aromatic carbocycles. The van der Waals surface area contributed by atoms with Crippen LogP contribution < -0.4 is 0 Å². The van der Waals surface area contributed by atoms with Gasteiger partial charge in [0.1, 0.15) is 36.6 Å². The molecule has 7 aliphatic rings. The SMILES string of the molecule is CC1(C)[C@@H](O[C@H]2O[C@H](C(=O)O)[C@@H](O)[C@H](O)[C@H]2O[C@@H]2O[C@H](C(=O)O)[C@@H](O)[C@H](O)[C@H]2O)CC[C@]2(C)[C@H]3C(=[OH+])C=C4[C@@H]5C[C@@](C)(C(=O)O)CC[C@]5(C)CC[C@@]4(C)[C@]3(C)CC[C@@H]12. The number of hydrogen-bond acceptors (Lipinski definition) is 12. The van der Waals surface area contributed by atoms with Crippen LogP contribution in [0.3, 0.4) is 0 Å². The molecule has 0 radical (unpaired) electrons. The molecule has 2 aliphatic heterocycles. The summed E-state index contributed by atoms with van der Waals surface area (Å²) in [4.78, 5) is 48.8. The molecule has 5 aliphatic carbocycles. The molecule has 0 aromatic rings. The Morgan fingerprint density at radius 1 is 0.707 bits per heavy atom. The Bertz CT molecular complexity index is 1730. The van der Waals surface area contributed by atoms with E-state index in [1.165, 1.54) is 5.57 Å². The molecule has 0 unspecified atom stereocenters. The van der Waals surface area contributed by atoms with Crippen molar-refractivity contribution in [1.29, 1.82) is 0 Å². The Morgan fingerprint density at radius 3 is 1.90 bits per heavy atom. The second kappa shape index (κ2) is 14.3. The molecular formula is C42H63O16+. The van der Waals surface area contributed by atoms with Crippen LogP contribution in [0.4, 0.5) is 0 Å². The van der Waals surface area contributed by atoms with E-state index in [0.29, 0.717) is 31.5 Å². The minimum absolute atomic E-state index is 0.0183. The number of carbonyl (C=O) groups excluding carboxylic acids is 1. The number of fused-ring (bicyclic) bond motifs is 7. The largest absolute Gasteiger partial charge is 0.481 e. The van der Waals surface area contributed by atoms with Gasteiger partial charge in [-0.15, -0.1) is 0 Å². The van der Waals surface area contributed by atoms with Crippen LogP contribution in [-0.4, -0.2) is 137 Å². The zero-order valence-corrected chi connectivity index (χ0v) is 34.4. The number of ether oxygens (including phenoxy) is 4. The van der Waals surface area contributed by atoms with Crippen molar-refractivity contribution in [2.75, 3.05) is 0 Å². The summed E-state index contributed by atoms with van der Waals surface area (Å²) in [5.74, 6) is -4.00. The van der Waals surface area contributed by atoms with Gasteiger partial charge in [0.05, 0.1) is 17.4 Å². The molecule has 2 saturated heterocycles. The first-order valence-electron chi connectivity index (χ1n) is 20.8. The molecule has 58 heavy (non-hydrogen) atoms. The summed E-state index contributed by atoms with van der Waals surface area (Å²) >= 11 is 0. The van der Waals surface area contributed by atoms with E-state index >= 15 is 0 Å². The molecule has 2 heterocycles. The number of rotatable bonds is 7. The number of aliphatic hydroxyl groups excluding tert-OH is 5. The van der Waals surface area contributed by atoms with Crippen LogP contribution in [0.1, 0.15) is 106 Å². The van der Waals surface area contributed by atoms with E-state index in [9.17, 15) is 60.0 Å². The number of hydrogen-bond donors (Lipinski definition) is 8. The lowest BCUT2D eigenvalue weighted by molar-refractivity contribution is -0.371. The summed E-state index contributed by atoms with van der Waals surface area (Å²) in [6.45, 7) is 15.0. The minimum atomic E-state index is -2.04. The Kier molecular flexibility index (Phi) is 10.7. The molecule has 326 valence electrons. The van der Waals surface area contributed by atoms with Crippen molar-refractivity contribution in [3.8, 4) is 0 Å². The quantitative estimate of drug-likeness (QED) is 0.135. The summed E-state index contributed by atoms with van der Waals surface area (Å²) in [6.07, 6.45) is -11.8. The highest BCUT2D eigenvalue weighted by Crippen LogP contribution is 2.75. The molecular weight excluding hydrogens is 760 g/mol. The summed E-state index contributed by atoms with van der Waals surface area (Å²) in [7, 11) is 0. The molecule has 0 aromatic heterocycles. The molecule has 4 saturated carbocycles. The van der Waals surface area contributed by atoms with E-state index < -0.39 is 102 Å². The van der Waals surface area contributed by atoms with E-state index in [1.807, 2.05) is 26.8 Å². The Labute approximate surface area is 337 Å². The fourth-order valence-corrected chi connectivity index (χ4v) is 13.4. The van der Waals surface area contributed by atoms with Gasteiger partial charge in [-0.05, 0) is 104 Å². The third kappa shape index (κ3) is 6.25. The lowest BCUT2D eigenvalue weighted by Gasteiger charge is -2.69. The van der Waals surface area contributed by atoms with E-state index in [0.717, 1.165) is 32.1 Å². The van der Waals surface area contributed by atoms with Crippen LogP contribution in [0.25, 0.3) is 0 Å². The van der Waals surface area contributed by atoms with Gasteiger partial charge in [0.25, 0.3) is 0 Å². The summed E-state index contributed by atoms with van der Waals surface area (Å²) in [5, 5.41) is 83.0. The van der Waals surface area contributed by atoms with Gasteiger partial charge >= 0.3 is 23.7 Å². The fourth-order valence-electron chi connectivity index (χ4n) is 13.4. The number of allylic oxidation sites excluding steroid dienone is 2. The van der Waals surface area contributed by atoms with Crippen molar-refractivity contribution in [3.63, 3.8) is 0 Å². The van der Waals surface area contributed by atoms with Crippen molar-refractivity contribution in [2.24, 2.45) is 50.2 Å². The average molecular weight is 824 g/mol. The first-order chi connectivity index (χ1) is 26.8. The molecule has 0 amide bonds. The third-order valence-electron chi connectivity index (χ3n) is 17.2. The monoisotopic (exact) mass is 823 g/mol. The van der Waals surface area contributed by atoms with Crippen LogP contribution >= 0.6 is 0 Å². The Hall–Kier alpha value is -2.54. The number of carboxylic acids is 3. The number of carboxylic acid groups (broad SMARTS) is 3. The van der Waals surface area contributed by atoms with Crippen LogP contribution in [0.15, 0.2) is 11.6 Å². The van der Waals surface area contributed by atoms with Gasteiger partial charge in [-0.1, -0.05) is 47.1 Å². The van der Waals surface area contributed by atoms with Gasteiger partial charge in [-0.25, -0.2) is 9.59 Å². The van der Waals surface area contributed by atoms with Gasteiger partial charge < -0.3 is 59.8 Å². The Morgan fingerprint density at radius 2 is 1.29 bits per heavy atom. The summed E-state index contributed by atoms with van der Waals surface area (Å²) in [6, 6.07) is 0. The second-order valence-corrected chi connectivity index (χ2v) is 20.6. The van der Waals surface area contributed by atoms with Gasteiger partial charge in [-0.3, -0.25) is 9.59 Å². The maximum atomic E-state index is 12.5. The fraction of sp³-hybridized carbons (Fsp3) is 0.857. The summed E-state index contributed by atoms with van der Waals surface area (Å²) in [5.41, 5.74) is -1.51. The highest BCUT2D eigenvalue weighted by atomic mass is 16.8. The first kappa shape index (κ1) is 43.5. The van der Waals surface area contributed by atoms with Crippen molar-refractivity contribution in [2.45, 2.75) is 174 Å². The topological polar surface area (TPSA) is 271 Å². The lowest BCUT2D eigenvalue weighted by Crippen LogP contribution is -2.68. The van der Waals surface area contributed by atoms with E-state index in [-0.39, 0.29) is 34.0 Å². The number of carbonyl (C=O) groups is 3. The lowest BCUT2D eigenvalue weighted by atomic mass is 9.33. The predicted molar refractivity (Wildman–Crippen MR) is 201 cm³/mol. The maximum absolute atomic E-state index is 12.5. The Balaban J connectivity index is 1.17. The molecule has 19 atom stereocenters. The molecule has 6 fully saturated rings. The molecule has 9 N–H and O–H groups in total. The first-order valence-corrected chi connectivity index (χ1v) is 20.8. The van der Waals surface area contributed by atoms with Gasteiger partial charge in [0, 0.05) is 6.08 Å². The van der Waals surface area contributed by atoms with Crippen molar-refractivity contribution in [1.82, 2.24) is 0 Å². The van der Waals surface area contributed by atoms with Gasteiger partial charge in [-0.2, -0.15) is 0 Å².